The van der Waals surface area contributed by atoms with Gasteiger partial charge in [0, 0.05) is 56.6 Å². The summed E-state index contributed by atoms with van der Waals surface area (Å²) in [6.45, 7) is 3.12. The molecule has 0 bridgehead atoms. The van der Waals surface area contributed by atoms with Gasteiger partial charge in [-0.25, -0.2) is 4.98 Å². The number of rotatable bonds is 3. The molecule has 4 rings (SSSR count). The van der Waals surface area contributed by atoms with E-state index in [-0.39, 0.29) is 11.3 Å². The minimum atomic E-state index is 0.0681. The third kappa shape index (κ3) is 3.63. The van der Waals surface area contributed by atoms with E-state index in [4.69, 9.17) is 0 Å². The Bertz CT molecular complexity index is 862. The molecule has 2 aromatic heterocycles. The van der Waals surface area contributed by atoms with Crippen molar-refractivity contribution >= 4 is 11.7 Å². The first-order valence-electron chi connectivity index (χ1n) is 9.46. The van der Waals surface area contributed by atoms with Crippen molar-refractivity contribution in [3.8, 4) is 6.07 Å². The summed E-state index contributed by atoms with van der Waals surface area (Å²) in [6.07, 6.45) is 8.97. The maximum absolute atomic E-state index is 12.5. The quantitative estimate of drug-likeness (QED) is 0.840. The highest BCUT2D eigenvalue weighted by atomic mass is 16.2. The number of pyridine rings is 2. The first-order valence-corrected chi connectivity index (χ1v) is 9.46. The second-order valence-corrected chi connectivity index (χ2v) is 7.62. The van der Waals surface area contributed by atoms with Crippen molar-refractivity contribution in [2.24, 2.45) is 5.41 Å². The molecule has 1 amide bonds. The number of nitrogens with zero attached hydrogens (tertiary/aromatic N) is 5. The molecule has 0 aromatic carbocycles. The number of likely N-dealkylation sites (tertiary alicyclic amines) is 1. The van der Waals surface area contributed by atoms with E-state index in [0.29, 0.717) is 18.5 Å². The van der Waals surface area contributed by atoms with Gasteiger partial charge in [-0.15, -0.1) is 0 Å². The van der Waals surface area contributed by atoms with Gasteiger partial charge >= 0.3 is 0 Å². The van der Waals surface area contributed by atoms with Crippen LogP contribution < -0.4 is 4.90 Å². The standard InChI is InChI=1S/C21H23N5O/c22-12-18-5-2-10-24-20(18)25-11-3-7-21(15-25)8-6-19(27)26(16-21)14-17-4-1-9-23-13-17/h1-2,4-5,9-10,13H,3,6-8,11,14-16H2/t21-/m1/s1. The molecule has 1 spiro atoms. The highest BCUT2D eigenvalue weighted by Gasteiger charge is 2.42. The number of hydrogen-bond acceptors (Lipinski definition) is 5. The Labute approximate surface area is 159 Å². The average Bonchev–Trinajstić information content (AvgIpc) is 2.72. The lowest BCUT2D eigenvalue weighted by Crippen LogP contribution is -2.54. The Morgan fingerprint density at radius 3 is 2.89 bits per heavy atom. The van der Waals surface area contributed by atoms with Crippen LogP contribution in [0.25, 0.3) is 0 Å². The summed E-state index contributed by atoms with van der Waals surface area (Å²) in [5, 5.41) is 9.42. The van der Waals surface area contributed by atoms with E-state index in [9.17, 15) is 10.1 Å². The Hall–Kier alpha value is -2.94. The monoisotopic (exact) mass is 361 g/mol. The highest BCUT2D eigenvalue weighted by Crippen LogP contribution is 2.40. The number of piperidine rings is 2. The van der Waals surface area contributed by atoms with Crippen LogP contribution >= 0.6 is 0 Å². The maximum Gasteiger partial charge on any atom is 0.222 e. The summed E-state index contributed by atoms with van der Waals surface area (Å²) < 4.78 is 0. The maximum atomic E-state index is 12.5. The predicted molar refractivity (Wildman–Crippen MR) is 102 cm³/mol. The lowest BCUT2D eigenvalue weighted by molar-refractivity contribution is -0.138. The summed E-state index contributed by atoms with van der Waals surface area (Å²) in [5.41, 5.74) is 1.75. The van der Waals surface area contributed by atoms with Crippen molar-refractivity contribution in [2.75, 3.05) is 24.5 Å². The molecule has 0 aliphatic carbocycles. The second-order valence-electron chi connectivity index (χ2n) is 7.62. The van der Waals surface area contributed by atoms with Crippen molar-refractivity contribution in [1.82, 2.24) is 14.9 Å². The van der Waals surface area contributed by atoms with Crippen LogP contribution in [0.4, 0.5) is 5.82 Å². The Balaban J connectivity index is 1.53. The van der Waals surface area contributed by atoms with Crippen molar-refractivity contribution in [3.05, 3.63) is 54.0 Å². The van der Waals surface area contributed by atoms with Gasteiger partial charge in [-0.3, -0.25) is 9.78 Å². The molecule has 4 heterocycles. The van der Waals surface area contributed by atoms with Crippen molar-refractivity contribution in [1.29, 1.82) is 5.26 Å². The fourth-order valence-corrected chi connectivity index (χ4v) is 4.42. The van der Waals surface area contributed by atoms with Crippen molar-refractivity contribution < 1.29 is 4.79 Å². The fraction of sp³-hybridized carbons (Fsp3) is 0.429. The topological polar surface area (TPSA) is 73.1 Å². The molecular weight excluding hydrogens is 338 g/mol. The molecule has 138 valence electrons. The summed E-state index contributed by atoms with van der Waals surface area (Å²) in [7, 11) is 0. The number of carbonyl (C=O) groups is 1. The van der Waals surface area contributed by atoms with Gasteiger partial charge in [0.1, 0.15) is 11.9 Å². The van der Waals surface area contributed by atoms with Crippen LogP contribution in [-0.2, 0) is 11.3 Å². The minimum Gasteiger partial charge on any atom is -0.355 e. The summed E-state index contributed by atoms with van der Waals surface area (Å²) in [4.78, 5) is 25.4. The number of hydrogen-bond donors (Lipinski definition) is 0. The molecule has 2 fully saturated rings. The first kappa shape index (κ1) is 17.5. The Morgan fingerprint density at radius 2 is 2.07 bits per heavy atom. The zero-order chi connectivity index (χ0) is 18.7. The van der Waals surface area contributed by atoms with Gasteiger partial charge < -0.3 is 9.80 Å². The molecule has 0 radical (unpaired) electrons. The van der Waals surface area contributed by atoms with E-state index in [1.54, 1.807) is 18.5 Å². The van der Waals surface area contributed by atoms with Crippen LogP contribution in [0.3, 0.4) is 0 Å². The van der Waals surface area contributed by atoms with Gasteiger partial charge in [-0.2, -0.15) is 5.26 Å². The van der Waals surface area contributed by atoms with Crippen molar-refractivity contribution in [2.45, 2.75) is 32.2 Å². The number of anilines is 1. The predicted octanol–water partition coefficient (Wildman–Crippen LogP) is 2.76. The largest absolute Gasteiger partial charge is 0.355 e. The Kier molecular flexibility index (Phi) is 4.76. The van der Waals surface area contributed by atoms with Crippen LogP contribution in [0.1, 0.15) is 36.8 Å². The zero-order valence-corrected chi connectivity index (χ0v) is 15.3. The number of aromatic nitrogens is 2. The summed E-state index contributed by atoms with van der Waals surface area (Å²) >= 11 is 0. The zero-order valence-electron chi connectivity index (χ0n) is 15.3. The number of amides is 1. The third-order valence-electron chi connectivity index (χ3n) is 5.71. The first-order chi connectivity index (χ1) is 13.2. The molecule has 0 unspecified atom stereocenters. The van der Waals surface area contributed by atoms with Gasteiger partial charge in [-0.1, -0.05) is 6.07 Å². The number of nitriles is 1. The van der Waals surface area contributed by atoms with E-state index >= 15 is 0 Å². The molecule has 6 heteroatoms. The average molecular weight is 361 g/mol. The van der Waals surface area contributed by atoms with Crippen LogP contribution in [0.15, 0.2) is 42.9 Å². The molecular formula is C21H23N5O. The van der Waals surface area contributed by atoms with E-state index < -0.39 is 0 Å². The smallest absolute Gasteiger partial charge is 0.222 e. The van der Waals surface area contributed by atoms with E-state index in [1.807, 2.05) is 29.3 Å². The second kappa shape index (κ2) is 7.36. The summed E-state index contributed by atoms with van der Waals surface area (Å²) in [5.74, 6) is 0.993. The lowest BCUT2D eigenvalue weighted by atomic mass is 9.73. The molecule has 1 atom stereocenters. The van der Waals surface area contributed by atoms with Gasteiger partial charge in [0.15, 0.2) is 0 Å². The van der Waals surface area contributed by atoms with Crippen molar-refractivity contribution in [3.63, 3.8) is 0 Å². The van der Waals surface area contributed by atoms with Crippen LogP contribution in [0.5, 0.6) is 0 Å². The van der Waals surface area contributed by atoms with E-state index in [0.717, 1.165) is 50.3 Å². The van der Waals surface area contributed by atoms with E-state index in [1.165, 1.54) is 0 Å². The van der Waals surface area contributed by atoms with Gasteiger partial charge in [0.25, 0.3) is 0 Å². The van der Waals surface area contributed by atoms with Crippen LogP contribution in [0.2, 0.25) is 0 Å². The molecule has 0 N–H and O–H groups in total. The lowest BCUT2D eigenvalue weighted by Gasteiger charge is -2.48. The third-order valence-corrected chi connectivity index (χ3v) is 5.71. The molecule has 2 aromatic rings. The van der Waals surface area contributed by atoms with E-state index in [2.05, 4.69) is 20.9 Å². The van der Waals surface area contributed by atoms with Gasteiger partial charge in [-0.05, 0) is 43.0 Å². The SMILES string of the molecule is N#Cc1cccnc1N1CCC[C@@]2(CCC(=O)N(Cc3cccnc3)C2)C1. The van der Waals surface area contributed by atoms with Crippen LogP contribution in [-0.4, -0.2) is 40.4 Å². The molecule has 6 nitrogen and oxygen atoms in total. The number of carbonyl (C=O) groups excluding carboxylic acids is 1. The highest BCUT2D eigenvalue weighted by molar-refractivity contribution is 5.77. The minimum absolute atomic E-state index is 0.0681. The molecule has 2 aliphatic heterocycles. The molecule has 27 heavy (non-hydrogen) atoms. The molecule has 0 saturated carbocycles. The molecule has 2 aliphatic rings. The van der Waals surface area contributed by atoms with Crippen LogP contribution in [0, 0.1) is 16.7 Å². The molecule has 2 saturated heterocycles. The fourth-order valence-electron chi connectivity index (χ4n) is 4.42. The normalized spacial score (nSPS) is 22.7. The van der Waals surface area contributed by atoms with Gasteiger partial charge in [0.05, 0.1) is 5.56 Å². The van der Waals surface area contributed by atoms with Gasteiger partial charge in [0.2, 0.25) is 5.91 Å². The summed E-state index contributed by atoms with van der Waals surface area (Å²) in [6, 6.07) is 9.81. The Morgan fingerprint density at radius 1 is 1.19 bits per heavy atom.